The lowest BCUT2D eigenvalue weighted by Gasteiger charge is -2.30. The maximum atomic E-state index is 13.2. The number of carbonyl (C=O) groups is 1. The Morgan fingerprint density at radius 1 is 1.00 bits per heavy atom. The van der Waals surface area contributed by atoms with E-state index in [0.29, 0.717) is 23.5 Å². The van der Waals surface area contributed by atoms with Crippen LogP contribution in [0.3, 0.4) is 0 Å². The highest BCUT2D eigenvalue weighted by atomic mass is 16.2. The molecule has 0 unspecified atom stereocenters. The van der Waals surface area contributed by atoms with E-state index in [1.807, 2.05) is 53.4 Å². The molecule has 1 amide bonds. The molecule has 5 rings (SSSR count). The van der Waals surface area contributed by atoms with Gasteiger partial charge in [-0.2, -0.15) is 5.10 Å². The Labute approximate surface area is 174 Å². The van der Waals surface area contributed by atoms with E-state index in [-0.39, 0.29) is 11.5 Å². The molecule has 3 heterocycles. The third-order valence-corrected chi connectivity index (χ3v) is 6.10. The van der Waals surface area contributed by atoms with Crippen molar-refractivity contribution in [1.29, 1.82) is 0 Å². The fourth-order valence-corrected chi connectivity index (χ4v) is 4.27. The molecule has 0 atom stereocenters. The Balaban J connectivity index is 1.64. The van der Waals surface area contributed by atoms with Crippen LogP contribution in [0.1, 0.15) is 35.7 Å². The van der Waals surface area contributed by atoms with E-state index in [1.165, 1.54) is 0 Å². The van der Waals surface area contributed by atoms with Gasteiger partial charge >= 0.3 is 0 Å². The van der Waals surface area contributed by atoms with Gasteiger partial charge in [-0.1, -0.05) is 37.3 Å². The van der Waals surface area contributed by atoms with Crippen molar-refractivity contribution in [2.75, 3.05) is 13.1 Å². The molecule has 0 spiro atoms. The summed E-state index contributed by atoms with van der Waals surface area (Å²) in [4.78, 5) is 28.3. The highest BCUT2D eigenvalue weighted by Crippen LogP contribution is 2.22. The Morgan fingerprint density at radius 2 is 1.77 bits per heavy atom. The average Bonchev–Trinajstić information content (AvgIpc) is 3.27. The van der Waals surface area contributed by atoms with Crippen molar-refractivity contribution in [1.82, 2.24) is 19.1 Å². The molecular formula is C24H24N4O2. The van der Waals surface area contributed by atoms with Crippen LogP contribution in [0.25, 0.3) is 16.6 Å². The zero-order valence-corrected chi connectivity index (χ0v) is 17.0. The summed E-state index contributed by atoms with van der Waals surface area (Å²) in [5, 5.41) is 4.34. The maximum absolute atomic E-state index is 13.2. The Morgan fingerprint density at radius 3 is 2.53 bits per heavy atom. The molecule has 1 fully saturated rings. The molecule has 1 saturated heterocycles. The van der Waals surface area contributed by atoms with E-state index in [1.54, 1.807) is 21.3 Å². The fourth-order valence-electron chi connectivity index (χ4n) is 4.27. The fraction of sp³-hybridized carbons (Fsp3) is 0.292. The summed E-state index contributed by atoms with van der Waals surface area (Å²) in [6.45, 7) is 4.24. The van der Waals surface area contributed by atoms with Crippen LogP contribution in [0.5, 0.6) is 0 Å². The Hall–Kier alpha value is -3.41. The van der Waals surface area contributed by atoms with Gasteiger partial charge in [0.2, 0.25) is 0 Å². The van der Waals surface area contributed by atoms with Gasteiger partial charge < -0.3 is 9.47 Å². The van der Waals surface area contributed by atoms with E-state index in [9.17, 15) is 9.59 Å². The largest absolute Gasteiger partial charge is 0.339 e. The van der Waals surface area contributed by atoms with Gasteiger partial charge in [-0.3, -0.25) is 9.59 Å². The van der Waals surface area contributed by atoms with Crippen molar-refractivity contribution in [2.45, 2.75) is 26.3 Å². The molecule has 0 aliphatic carbocycles. The number of fused-ring (bicyclic) bond motifs is 3. The first kappa shape index (κ1) is 18.6. The van der Waals surface area contributed by atoms with Gasteiger partial charge in [-0.25, -0.2) is 4.52 Å². The number of hydrogen-bond donors (Lipinski definition) is 0. The first-order chi connectivity index (χ1) is 14.6. The highest BCUT2D eigenvalue weighted by Gasteiger charge is 2.22. The van der Waals surface area contributed by atoms with E-state index in [4.69, 9.17) is 0 Å². The van der Waals surface area contributed by atoms with E-state index in [0.717, 1.165) is 42.5 Å². The SMILES string of the molecule is CC1CCN(C(=O)c2ccc3c(c2)n(Cc2ccccc2)c(=O)c2ccnn23)CC1. The average molecular weight is 400 g/mol. The summed E-state index contributed by atoms with van der Waals surface area (Å²) in [5.74, 6) is 0.692. The van der Waals surface area contributed by atoms with Crippen LogP contribution in [-0.4, -0.2) is 38.1 Å². The maximum Gasteiger partial charge on any atom is 0.277 e. The molecule has 0 bridgehead atoms. The smallest absolute Gasteiger partial charge is 0.277 e. The number of nitrogens with zero attached hydrogens (tertiary/aromatic N) is 4. The molecule has 2 aromatic heterocycles. The third-order valence-electron chi connectivity index (χ3n) is 6.10. The van der Waals surface area contributed by atoms with Crippen molar-refractivity contribution < 1.29 is 4.79 Å². The molecule has 4 aromatic rings. The second kappa shape index (κ2) is 7.44. The van der Waals surface area contributed by atoms with E-state index >= 15 is 0 Å². The quantitative estimate of drug-likeness (QED) is 0.528. The first-order valence-electron chi connectivity index (χ1n) is 10.5. The zero-order chi connectivity index (χ0) is 20.7. The van der Waals surface area contributed by atoms with Gasteiger partial charge in [0, 0.05) is 18.7 Å². The van der Waals surface area contributed by atoms with Crippen molar-refractivity contribution in [2.24, 2.45) is 5.92 Å². The second-order valence-corrected chi connectivity index (χ2v) is 8.18. The van der Waals surface area contributed by atoms with Gasteiger partial charge in [-0.05, 0) is 48.6 Å². The minimum absolute atomic E-state index is 0.0306. The van der Waals surface area contributed by atoms with Gasteiger partial charge in [0.1, 0.15) is 5.52 Å². The second-order valence-electron chi connectivity index (χ2n) is 8.18. The standard InChI is InChI=1S/C24H24N4O2/c1-17-10-13-26(14-11-17)23(29)19-7-8-20-22(15-19)27(16-18-5-3-2-4-6-18)24(30)21-9-12-25-28(20)21/h2-9,12,15,17H,10-11,13-14,16H2,1H3. The summed E-state index contributed by atoms with van der Waals surface area (Å²) >= 11 is 0. The number of piperidine rings is 1. The van der Waals surface area contributed by atoms with Gasteiger partial charge in [0.25, 0.3) is 11.5 Å². The van der Waals surface area contributed by atoms with Crippen LogP contribution in [-0.2, 0) is 6.54 Å². The van der Waals surface area contributed by atoms with Crippen molar-refractivity contribution in [3.05, 3.63) is 82.3 Å². The number of benzene rings is 2. The number of amides is 1. The lowest BCUT2D eigenvalue weighted by Crippen LogP contribution is -2.38. The number of rotatable bonds is 3. The lowest BCUT2D eigenvalue weighted by molar-refractivity contribution is 0.0697. The van der Waals surface area contributed by atoms with Gasteiger partial charge in [0.15, 0.2) is 0 Å². The first-order valence-corrected chi connectivity index (χ1v) is 10.5. The number of hydrogen-bond acceptors (Lipinski definition) is 3. The molecule has 0 N–H and O–H groups in total. The van der Waals surface area contributed by atoms with Crippen LogP contribution in [0.4, 0.5) is 0 Å². The van der Waals surface area contributed by atoms with Crippen LogP contribution in [0.15, 0.2) is 65.6 Å². The molecule has 1 aliphatic rings. The van der Waals surface area contributed by atoms with Crippen LogP contribution < -0.4 is 5.56 Å². The molecule has 0 radical (unpaired) electrons. The third kappa shape index (κ3) is 3.18. The summed E-state index contributed by atoms with van der Waals surface area (Å²) in [5.41, 5.74) is 3.60. The minimum atomic E-state index is -0.111. The number of aromatic nitrogens is 3. The molecule has 152 valence electrons. The summed E-state index contributed by atoms with van der Waals surface area (Å²) < 4.78 is 3.41. The molecule has 6 heteroatoms. The predicted molar refractivity (Wildman–Crippen MR) is 117 cm³/mol. The monoisotopic (exact) mass is 400 g/mol. The minimum Gasteiger partial charge on any atom is -0.339 e. The van der Waals surface area contributed by atoms with E-state index in [2.05, 4.69) is 12.0 Å². The summed E-state index contributed by atoms with van der Waals surface area (Å²) in [7, 11) is 0. The van der Waals surface area contributed by atoms with Crippen molar-refractivity contribution >= 4 is 22.5 Å². The topological polar surface area (TPSA) is 59.6 Å². The number of likely N-dealkylation sites (tertiary alicyclic amines) is 1. The lowest BCUT2D eigenvalue weighted by atomic mass is 9.98. The van der Waals surface area contributed by atoms with Gasteiger partial charge in [-0.15, -0.1) is 0 Å². The van der Waals surface area contributed by atoms with Gasteiger partial charge in [0.05, 0.1) is 23.8 Å². The molecule has 1 aliphatic heterocycles. The predicted octanol–water partition coefficient (Wildman–Crippen LogP) is 3.57. The summed E-state index contributed by atoms with van der Waals surface area (Å²) in [6, 6.07) is 17.2. The molecule has 6 nitrogen and oxygen atoms in total. The normalized spacial score (nSPS) is 15.2. The van der Waals surface area contributed by atoms with Crippen molar-refractivity contribution in [3.8, 4) is 0 Å². The molecule has 2 aromatic carbocycles. The van der Waals surface area contributed by atoms with Crippen molar-refractivity contribution in [3.63, 3.8) is 0 Å². The Bertz CT molecular complexity index is 1280. The highest BCUT2D eigenvalue weighted by molar-refractivity contribution is 5.97. The van der Waals surface area contributed by atoms with E-state index < -0.39 is 0 Å². The molecule has 30 heavy (non-hydrogen) atoms. The van der Waals surface area contributed by atoms with Crippen LogP contribution in [0.2, 0.25) is 0 Å². The zero-order valence-electron chi connectivity index (χ0n) is 17.0. The van der Waals surface area contributed by atoms with Crippen LogP contribution >= 0.6 is 0 Å². The molecule has 0 saturated carbocycles. The Kier molecular flexibility index (Phi) is 4.62. The summed E-state index contributed by atoms with van der Waals surface area (Å²) in [6.07, 6.45) is 3.70. The number of carbonyl (C=O) groups excluding carboxylic acids is 1. The van der Waals surface area contributed by atoms with Crippen LogP contribution in [0, 0.1) is 5.92 Å². The molecular weight excluding hydrogens is 376 g/mol.